The van der Waals surface area contributed by atoms with Crippen molar-refractivity contribution in [1.82, 2.24) is 9.78 Å². The summed E-state index contributed by atoms with van der Waals surface area (Å²) in [6, 6.07) is 1.27. The van der Waals surface area contributed by atoms with Gasteiger partial charge in [0.15, 0.2) is 13.5 Å². The van der Waals surface area contributed by atoms with E-state index in [-0.39, 0.29) is 20.8 Å². The van der Waals surface area contributed by atoms with Crippen LogP contribution in [0.15, 0.2) is 10.9 Å². The lowest BCUT2D eigenvalue weighted by atomic mass is 10.2. The third kappa shape index (κ3) is 4.31. The van der Waals surface area contributed by atoms with E-state index < -0.39 is 8.32 Å². The Morgan fingerprint density at radius 1 is 1.37 bits per heavy atom. The highest BCUT2D eigenvalue weighted by Gasteiger charge is 2.36. The maximum atomic E-state index is 11.7. The van der Waals surface area contributed by atoms with Crippen LogP contribution in [0.25, 0.3) is 0 Å². The molecule has 0 aromatic carbocycles. The Kier molecular flexibility index (Phi) is 5.23. The van der Waals surface area contributed by atoms with Crippen LogP contribution in [0.3, 0.4) is 0 Å². The molecule has 0 aliphatic rings. The largest absolute Gasteiger partial charge is 0.415 e. The van der Waals surface area contributed by atoms with Gasteiger partial charge < -0.3 is 4.43 Å². The zero-order valence-electron chi connectivity index (χ0n) is 12.0. The van der Waals surface area contributed by atoms with Crippen molar-refractivity contribution in [2.45, 2.75) is 45.4 Å². The van der Waals surface area contributed by atoms with Crippen molar-refractivity contribution in [3.8, 4) is 0 Å². The second-order valence-corrected chi connectivity index (χ2v) is 11.5. The minimum Gasteiger partial charge on any atom is -0.415 e. The van der Waals surface area contributed by atoms with Gasteiger partial charge in [-0.3, -0.25) is 4.79 Å². The van der Waals surface area contributed by atoms with Gasteiger partial charge in [0.25, 0.3) is 5.56 Å². The first-order chi connectivity index (χ1) is 8.54. The molecule has 0 saturated heterocycles. The summed E-state index contributed by atoms with van der Waals surface area (Å²) in [7, 11) is -1.80. The molecule has 1 rings (SSSR count). The van der Waals surface area contributed by atoms with Crippen molar-refractivity contribution in [3.05, 3.63) is 26.6 Å². The molecule has 4 nitrogen and oxygen atoms in total. The van der Waals surface area contributed by atoms with Gasteiger partial charge in [0.05, 0.1) is 18.2 Å². The lowest BCUT2D eigenvalue weighted by Gasteiger charge is -2.36. The highest BCUT2D eigenvalue weighted by Crippen LogP contribution is 2.36. The maximum absolute atomic E-state index is 11.7. The molecule has 0 aliphatic carbocycles. The van der Waals surface area contributed by atoms with Gasteiger partial charge in [-0.1, -0.05) is 44.0 Å². The van der Waals surface area contributed by atoms with Crippen molar-refractivity contribution >= 4 is 31.5 Å². The fourth-order valence-corrected chi connectivity index (χ4v) is 2.52. The molecule has 0 aliphatic heterocycles. The molecular weight excluding hydrogens is 303 g/mol. The first-order valence-electron chi connectivity index (χ1n) is 6.12. The Bertz CT molecular complexity index is 509. The number of hydrogen-bond donors (Lipinski definition) is 0. The Labute approximate surface area is 124 Å². The molecule has 0 saturated carbocycles. The Morgan fingerprint density at radius 3 is 2.47 bits per heavy atom. The molecule has 0 N–H and O–H groups in total. The molecule has 1 aromatic heterocycles. The van der Waals surface area contributed by atoms with Gasteiger partial charge in [0.1, 0.15) is 0 Å². The van der Waals surface area contributed by atoms with Crippen LogP contribution in [0.4, 0.5) is 0 Å². The van der Waals surface area contributed by atoms with E-state index in [1.807, 2.05) is 0 Å². The molecule has 0 radical (unpaired) electrons. The van der Waals surface area contributed by atoms with Gasteiger partial charge >= 0.3 is 0 Å². The van der Waals surface area contributed by atoms with Crippen molar-refractivity contribution in [3.63, 3.8) is 0 Å². The van der Waals surface area contributed by atoms with Crippen LogP contribution in [0.2, 0.25) is 28.3 Å². The van der Waals surface area contributed by atoms with Crippen LogP contribution < -0.4 is 5.56 Å². The van der Waals surface area contributed by atoms with E-state index in [2.05, 4.69) is 39.0 Å². The van der Waals surface area contributed by atoms with E-state index >= 15 is 0 Å². The molecule has 1 aromatic rings. The first kappa shape index (κ1) is 16.7. The molecule has 0 spiro atoms. The zero-order chi connectivity index (χ0) is 14.8. The summed E-state index contributed by atoms with van der Waals surface area (Å²) in [6.45, 7) is 11.7. The van der Waals surface area contributed by atoms with Crippen LogP contribution in [-0.2, 0) is 11.0 Å². The molecule has 0 unspecified atom stereocenters. The number of nitrogens with zero attached hydrogens (tertiary/aromatic N) is 2. The predicted molar refractivity (Wildman–Crippen MR) is 81.7 cm³/mol. The topological polar surface area (TPSA) is 44.1 Å². The smallest absolute Gasteiger partial charge is 0.268 e. The first-order valence-corrected chi connectivity index (χ1v) is 9.78. The molecule has 0 bridgehead atoms. The lowest BCUT2D eigenvalue weighted by Crippen LogP contribution is -2.42. The molecule has 108 valence electrons. The minimum absolute atomic E-state index is 0.133. The van der Waals surface area contributed by atoms with Gasteiger partial charge in [-0.2, -0.15) is 5.10 Å². The Hall–Kier alpha value is -0.363. The summed E-state index contributed by atoms with van der Waals surface area (Å²) in [5.41, 5.74) is -0.270. The Balaban J connectivity index is 2.69. The highest BCUT2D eigenvalue weighted by atomic mass is 35.5. The molecule has 1 heterocycles. The van der Waals surface area contributed by atoms with E-state index in [0.717, 1.165) is 0 Å². The third-order valence-corrected chi connectivity index (χ3v) is 8.68. The molecule has 0 fully saturated rings. The van der Waals surface area contributed by atoms with E-state index in [4.69, 9.17) is 27.6 Å². The SMILES string of the molecule is CC(C)(C)[Si](C)(C)OCCn1nc(Cl)c(Cl)cc1=O. The van der Waals surface area contributed by atoms with Crippen LogP contribution in [0, 0.1) is 0 Å². The fraction of sp³-hybridized carbons (Fsp3) is 0.667. The van der Waals surface area contributed by atoms with Crippen LogP contribution in [0.5, 0.6) is 0 Å². The van der Waals surface area contributed by atoms with Crippen molar-refractivity contribution < 1.29 is 4.43 Å². The minimum atomic E-state index is -1.80. The molecule has 7 heteroatoms. The van der Waals surface area contributed by atoms with Crippen LogP contribution >= 0.6 is 23.2 Å². The lowest BCUT2D eigenvalue weighted by molar-refractivity contribution is 0.263. The number of halogens is 2. The van der Waals surface area contributed by atoms with Crippen LogP contribution in [0.1, 0.15) is 20.8 Å². The number of rotatable bonds is 4. The van der Waals surface area contributed by atoms with E-state index in [9.17, 15) is 4.79 Å². The maximum Gasteiger partial charge on any atom is 0.268 e. The second-order valence-electron chi connectivity index (χ2n) is 5.95. The normalized spacial score (nSPS) is 12.8. The number of aromatic nitrogens is 2. The van der Waals surface area contributed by atoms with Crippen molar-refractivity contribution in [2.24, 2.45) is 0 Å². The number of hydrogen-bond acceptors (Lipinski definition) is 3. The molecule has 19 heavy (non-hydrogen) atoms. The monoisotopic (exact) mass is 322 g/mol. The zero-order valence-corrected chi connectivity index (χ0v) is 14.5. The highest BCUT2D eigenvalue weighted by molar-refractivity contribution is 6.74. The van der Waals surface area contributed by atoms with E-state index in [1.54, 1.807) is 0 Å². The van der Waals surface area contributed by atoms with Crippen molar-refractivity contribution in [1.29, 1.82) is 0 Å². The molecule has 0 amide bonds. The van der Waals surface area contributed by atoms with E-state index in [1.165, 1.54) is 10.7 Å². The molecule has 0 atom stereocenters. The summed E-state index contributed by atoms with van der Waals surface area (Å²) in [4.78, 5) is 11.7. The summed E-state index contributed by atoms with van der Waals surface area (Å²) in [5.74, 6) is 0. The van der Waals surface area contributed by atoms with Gasteiger partial charge in [-0.05, 0) is 18.1 Å². The van der Waals surface area contributed by atoms with E-state index in [0.29, 0.717) is 13.2 Å². The summed E-state index contributed by atoms with van der Waals surface area (Å²) < 4.78 is 7.27. The van der Waals surface area contributed by atoms with Gasteiger partial charge in [-0.25, -0.2) is 4.68 Å². The van der Waals surface area contributed by atoms with Gasteiger partial charge in [0.2, 0.25) is 0 Å². The van der Waals surface area contributed by atoms with Gasteiger partial charge in [0, 0.05) is 6.07 Å². The summed E-state index contributed by atoms with van der Waals surface area (Å²) >= 11 is 11.5. The predicted octanol–water partition coefficient (Wildman–Crippen LogP) is 3.57. The summed E-state index contributed by atoms with van der Waals surface area (Å²) in [5, 5.41) is 4.38. The Morgan fingerprint density at radius 2 is 1.95 bits per heavy atom. The third-order valence-electron chi connectivity index (χ3n) is 3.48. The fourth-order valence-electron chi connectivity index (χ4n) is 1.21. The average Bonchev–Trinajstić information content (AvgIpc) is 2.23. The van der Waals surface area contributed by atoms with Gasteiger partial charge in [-0.15, -0.1) is 0 Å². The molecular formula is C12H20Cl2N2O2Si. The second kappa shape index (κ2) is 5.95. The quantitative estimate of drug-likeness (QED) is 0.796. The summed E-state index contributed by atoms with van der Waals surface area (Å²) in [6.07, 6.45) is 0. The van der Waals surface area contributed by atoms with Crippen LogP contribution in [-0.4, -0.2) is 24.7 Å². The van der Waals surface area contributed by atoms with Crippen molar-refractivity contribution in [2.75, 3.05) is 6.61 Å². The average molecular weight is 323 g/mol. The standard InChI is InChI=1S/C12H20Cl2N2O2Si/c1-12(2,3)19(4,5)18-7-6-16-10(17)8-9(13)11(14)15-16/h8H,6-7H2,1-5H3.